The largest absolute Gasteiger partial charge is 0.324 e. The van der Waals surface area contributed by atoms with Gasteiger partial charge in [0.2, 0.25) is 0 Å². The van der Waals surface area contributed by atoms with Crippen LogP contribution in [0.4, 0.5) is 16.3 Å². The van der Waals surface area contributed by atoms with Gasteiger partial charge in [-0.05, 0) is 30.3 Å². The monoisotopic (exact) mass is 314 g/mol. The third kappa shape index (κ3) is 2.75. The molecule has 0 aliphatic rings. The number of fused-ring (bicyclic) bond motifs is 2. The van der Waals surface area contributed by atoms with Crippen molar-refractivity contribution in [1.82, 2.24) is 9.97 Å². The number of nitrogens with zero attached hydrogens (tertiary/aromatic N) is 2. The van der Waals surface area contributed by atoms with Crippen molar-refractivity contribution in [3.63, 3.8) is 0 Å². The summed E-state index contributed by atoms with van der Waals surface area (Å²) in [6.07, 6.45) is 1.70. The lowest BCUT2D eigenvalue weighted by molar-refractivity contribution is 0.262. The lowest BCUT2D eigenvalue weighted by Gasteiger charge is -2.09. The first kappa shape index (κ1) is 14.1. The van der Waals surface area contributed by atoms with Crippen molar-refractivity contribution in [2.75, 3.05) is 10.6 Å². The Morgan fingerprint density at radius 3 is 2.58 bits per heavy atom. The van der Waals surface area contributed by atoms with E-state index < -0.39 is 0 Å². The predicted octanol–water partition coefficient (Wildman–Crippen LogP) is 4.43. The normalized spacial score (nSPS) is 10.7. The van der Waals surface area contributed by atoms with Crippen LogP contribution in [-0.2, 0) is 0 Å². The smallest absolute Gasteiger partial charge is 0.306 e. The Hall–Kier alpha value is -3.47. The molecule has 4 rings (SSSR count). The van der Waals surface area contributed by atoms with Crippen molar-refractivity contribution in [3.8, 4) is 0 Å². The highest BCUT2D eigenvalue weighted by atomic mass is 16.2. The molecule has 2 aromatic heterocycles. The molecule has 0 aliphatic carbocycles. The van der Waals surface area contributed by atoms with Crippen LogP contribution in [0.25, 0.3) is 21.8 Å². The first-order valence-electron chi connectivity index (χ1n) is 7.57. The highest BCUT2D eigenvalue weighted by Crippen LogP contribution is 2.21. The van der Waals surface area contributed by atoms with Gasteiger partial charge in [-0.3, -0.25) is 10.3 Å². The first-order chi connectivity index (χ1) is 11.8. The molecule has 2 amide bonds. The van der Waals surface area contributed by atoms with Gasteiger partial charge in [-0.25, -0.2) is 9.78 Å². The second-order valence-corrected chi connectivity index (χ2v) is 5.35. The molecule has 0 bridgehead atoms. The third-order valence-corrected chi connectivity index (χ3v) is 3.72. The van der Waals surface area contributed by atoms with Crippen LogP contribution in [0.3, 0.4) is 0 Å². The quantitative estimate of drug-likeness (QED) is 0.575. The van der Waals surface area contributed by atoms with Gasteiger partial charge in [0.15, 0.2) is 0 Å². The summed E-state index contributed by atoms with van der Waals surface area (Å²) in [6.45, 7) is 0. The molecule has 5 nitrogen and oxygen atoms in total. The average Bonchev–Trinajstić information content (AvgIpc) is 2.62. The summed E-state index contributed by atoms with van der Waals surface area (Å²) in [4.78, 5) is 21.0. The molecule has 0 radical (unpaired) electrons. The summed E-state index contributed by atoms with van der Waals surface area (Å²) < 4.78 is 0. The molecule has 0 unspecified atom stereocenters. The molecule has 24 heavy (non-hydrogen) atoms. The Balaban J connectivity index is 1.57. The fourth-order valence-corrected chi connectivity index (χ4v) is 2.61. The van der Waals surface area contributed by atoms with Crippen LogP contribution in [0, 0.1) is 0 Å². The average molecular weight is 314 g/mol. The summed E-state index contributed by atoms with van der Waals surface area (Å²) in [5.41, 5.74) is 2.25. The molecule has 116 valence electrons. The molecule has 0 saturated heterocycles. The zero-order chi connectivity index (χ0) is 16.4. The van der Waals surface area contributed by atoms with Gasteiger partial charge >= 0.3 is 6.03 Å². The van der Waals surface area contributed by atoms with E-state index in [4.69, 9.17) is 0 Å². The molecule has 2 N–H and O–H groups in total. The number of carbonyl (C=O) groups is 1. The number of carbonyl (C=O) groups excluding carboxylic acids is 1. The third-order valence-electron chi connectivity index (χ3n) is 3.72. The van der Waals surface area contributed by atoms with E-state index in [9.17, 15) is 4.79 Å². The van der Waals surface area contributed by atoms with E-state index >= 15 is 0 Å². The first-order valence-corrected chi connectivity index (χ1v) is 7.57. The minimum absolute atomic E-state index is 0.351. The molecular weight excluding hydrogens is 300 g/mol. The molecular formula is C19H14N4O. The summed E-state index contributed by atoms with van der Waals surface area (Å²) in [7, 11) is 0. The Kier molecular flexibility index (Phi) is 3.51. The molecule has 0 aliphatic heterocycles. The summed E-state index contributed by atoms with van der Waals surface area (Å²) in [5, 5.41) is 7.59. The molecule has 0 fully saturated rings. The van der Waals surface area contributed by atoms with Crippen LogP contribution in [-0.4, -0.2) is 16.0 Å². The highest BCUT2D eigenvalue weighted by Gasteiger charge is 2.07. The number of benzene rings is 2. The Morgan fingerprint density at radius 1 is 0.792 bits per heavy atom. The second kappa shape index (κ2) is 5.96. The van der Waals surface area contributed by atoms with Crippen LogP contribution < -0.4 is 10.6 Å². The molecule has 0 atom stereocenters. The van der Waals surface area contributed by atoms with E-state index in [0.29, 0.717) is 11.5 Å². The number of anilines is 2. The number of aromatic nitrogens is 2. The van der Waals surface area contributed by atoms with Gasteiger partial charge in [0, 0.05) is 17.0 Å². The van der Waals surface area contributed by atoms with Gasteiger partial charge in [-0.15, -0.1) is 0 Å². The van der Waals surface area contributed by atoms with Crippen molar-refractivity contribution in [2.24, 2.45) is 0 Å². The van der Waals surface area contributed by atoms with Crippen LogP contribution in [0.1, 0.15) is 0 Å². The maximum Gasteiger partial charge on any atom is 0.324 e. The van der Waals surface area contributed by atoms with E-state index in [-0.39, 0.29) is 6.03 Å². The van der Waals surface area contributed by atoms with Gasteiger partial charge in [-0.1, -0.05) is 36.4 Å². The predicted molar refractivity (Wildman–Crippen MR) is 96.1 cm³/mol. The minimum Gasteiger partial charge on any atom is -0.306 e. The number of rotatable bonds is 2. The van der Waals surface area contributed by atoms with Gasteiger partial charge in [0.05, 0.1) is 16.7 Å². The number of nitrogens with one attached hydrogen (secondary N) is 2. The van der Waals surface area contributed by atoms with E-state index in [2.05, 4.69) is 20.6 Å². The number of amides is 2. The van der Waals surface area contributed by atoms with Crippen molar-refractivity contribution in [1.29, 1.82) is 0 Å². The second-order valence-electron chi connectivity index (χ2n) is 5.35. The summed E-state index contributed by atoms with van der Waals surface area (Å²) in [5.74, 6) is 0.499. The molecule has 0 spiro atoms. The molecule has 2 aromatic carbocycles. The van der Waals surface area contributed by atoms with Crippen molar-refractivity contribution in [2.45, 2.75) is 0 Å². The number of urea groups is 1. The van der Waals surface area contributed by atoms with E-state index in [1.807, 2.05) is 60.7 Å². The lowest BCUT2D eigenvalue weighted by Crippen LogP contribution is -2.20. The Morgan fingerprint density at radius 2 is 1.62 bits per heavy atom. The van der Waals surface area contributed by atoms with Crippen LogP contribution >= 0.6 is 0 Å². The number of hydrogen-bond donors (Lipinski definition) is 2. The zero-order valence-corrected chi connectivity index (χ0v) is 12.7. The van der Waals surface area contributed by atoms with Crippen LogP contribution in [0.2, 0.25) is 0 Å². The zero-order valence-electron chi connectivity index (χ0n) is 12.7. The highest BCUT2D eigenvalue weighted by molar-refractivity contribution is 6.04. The molecule has 2 heterocycles. The van der Waals surface area contributed by atoms with Crippen molar-refractivity contribution < 1.29 is 4.79 Å². The molecule has 4 aromatic rings. The van der Waals surface area contributed by atoms with E-state index in [1.165, 1.54) is 0 Å². The Bertz CT molecular complexity index is 1040. The minimum atomic E-state index is -0.351. The van der Waals surface area contributed by atoms with Crippen LogP contribution in [0.15, 0.2) is 72.9 Å². The van der Waals surface area contributed by atoms with Gasteiger partial charge in [0.25, 0.3) is 0 Å². The summed E-state index contributed by atoms with van der Waals surface area (Å²) >= 11 is 0. The fourth-order valence-electron chi connectivity index (χ4n) is 2.61. The van der Waals surface area contributed by atoms with Gasteiger partial charge in [0.1, 0.15) is 5.82 Å². The Labute approximate surface area is 138 Å². The van der Waals surface area contributed by atoms with E-state index in [0.717, 1.165) is 21.8 Å². The number of hydrogen-bond acceptors (Lipinski definition) is 3. The molecule has 0 saturated carbocycles. The summed E-state index contributed by atoms with van der Waals surface area (Å²) in [6, 6.07) is 20.6. The SMILES string of the molecule is O=C(Nc1ccc2ccccc2n1)Nc1cccc2cccnc12. The van der Waals surface area contributed by atoms with Crippen molar-refractivity contribution in [3.05, 3.63) is 72.9 Å². The van der Waals surface area contributed by atoms with Crippen molar-refractivity contribution >= 4 is 39.3 Å². The van der Waals surface area contributed by atoms with Gasteiger partial charge < -0.3 is 5.32 Å². The lowest BCUT2D eigenvalue weighted by atomic mass is 10.2. The topological polar surface area (TPSA) is 66.9 Å². The molecule has 5 heteroatoms. The fraction of sp³-hybridized carbons (Fsp3) is 0. The van der Waals surface area contributed by atoms with E-state index in [1.54, 1.807) is 12.3 Å². The maximum atomic E-state index is 12.3. The van der Waals surface area contributed by atoms with Crippen LogP contribution in [0.5, 0.6) is 0 Å². The standard InChI is InChI=1S/C19H14N4O/c24-19(22-16-9-3-6-14-7-4-12-20-18(14)16)23-17-11-10-13-5-1-2-8-15(13)21-17/h1-12H,(H2,21,22,23,24). The van der Waals surface area contributed by atoms with Gasteiger partial charge in [-0.2, -0.15) is 0 Å². The maximum absolute atomic E-state index is 12.3. The number of pyridine rings is 2. The number of para-hydroxylation sites is 2.